The second-order valence-corrected chi connectivity index (χ2v) is 9.28. The molecule has 4 atom stereocenters. The van der Waals surface area contributed by atoms with E-state index in [0.717, 1.165) is 30.4 Å². The highest BCUT2D eigenvalue weighted by atomic mass is 17.1. The second kappa shape index (κ2) is 5.09. The summed E-state index contributed by atoms with van der Waals surface area (Å²) in [6, 6.07) is 3.62. The van der Waals surface area contributed by atoms with Crippen molar-refractivity contribution in [2.75, 3.05) is 13.6 Å². The van der Waals surface area contributed by atoms with E-state index >= 15 is 0 Å². The Morgan fingerprint density at radius 2 is 2.04 bits per heavy atom. The predicted octanol–water partition coefficient (Wildman–Crippen LogP) is 1.15. The largest absolute Gasteiger partial charge is 0.451 e. The normalized spacial score (nSPS) is 39.8. The van der Waals surface area contributed by atoms with Crippen molar-refractivity contribution < 1.29 is 30.2 Å². The molecule has 0 amide bonds. The first-order chi connectivity index (χ1) is 13.3. The summed E-state index contributed by atoms with van der Waals surface area (Å²) in [7, 11) is 2.08. The first kappa shape index (κ1) is 17.2. The van der Waals surface area contributed by atoms with Crippen LogP contribution in [0.1, 0.15) is 36.8 Å². The van der Waals surface area contributed by atoms with Crippen molar-refractivity contribution in [2.45, 2.75) is 55.1 Å². The highest BCUT2D eigenvalue weighted by molar-refractivity contribution is 5.64. The summed E-state index contributed by atoms with van der Waals surface area (Å²) in [5.41, 5.74) is 1.21. The van der Waals surface area contributed by atoms with Crippen molar-refractivity contribution in [1.82, 2.24) is 4.90 Å². The zero-order valence-electron chi connectivity index (χ0n) is 15.8. The van der Waals surface area contributed by atoms with Gasteiger partial charge in [0, 0.05) is 17.5 Å². The maximum absolute atomic E-state index is 11.9. The SMILES string of the molecule is CN1CC[C@]23c4c5ccc(OO)c4O[C@@]2(O)C(O)(O)C(CC2CC2)=C[C@H]3[C@H]1C5. The van der Waals surface area contributed by atoms with Gasteiger partial charge in [-0.05, 0) is 68.8 Å². The fraction of sp³-hybridized carbons (Fsp3) is 0.619. The maximum Gasteiger partial charge on any atom is 0.277 e. The standard InChI is InChI=1S/C21H25NO6/c1-22-7-6-19-14-10-13(8-11-2-3-11)20(23,24)21(19,25)27-18-16(28-26)5-4-12(17(18)19)9-15(14)22/h4-5,10-11,14-15,23-26H,2-3,6-9H2,1H3/t14-,15+,19-,21+/m0/s1. The van der Waals surface area contributed by atoms with Gasteiger partial charge in [0.1, 0.15) is 0 Å². The van der Waals surface area contributed by atoms with Crippen LogP contribution in [0.15, 0.2) is 23.8 Å². The van der Waals surface area contributed by atoms with Crippen molar-refractivity contribution in [3.05, 3.63) is 34.9 Å². The van der Waals surface area contributed by atoms with Crippen molar-refractivity contribution in [1.29, 1.82) is 0 Å². The fourth-order valence-electron chi connectivity index (χ4n) is 6.36. The Bertz CT molecular complexity index is 908. The van der Waals surface area contributed by atoms with Crippen LogP contribution in [-0.2, 0) is 11.8 Å². The summed E-state index contributed by atoms with van der Waals surface area (Å²) in [5.74, 6) is -4.10. The van der Waals surface area contributed by atoms with E-state index in [-0.39, 0.29) is 23.5 Å². The van der Waals surface area contributed by atoms with Crippen LogP contribution >= 0.6 is 0 Å². The van der Waals surface area contributed by atoms with Gasteiger partial charge in [0.05, 0.1) is 5.41 Å². The molecule has 2 heterocycles. The molecule has 1 aromatic rings. The summed E-state index contributed by atoms with van der Waals surface area (Å²) >= 11 is 0. The lowest BCUT2D eigenvalue weighted by atomic mass is 9.50. The number of likely N-dealkylation sites (tertiary alicyclic amines) is 1. The van der Waals surface area contributed by atoms with Crippen LogP contribution in [0, 0.1) is 11.8 Å². The monoisotopic (exact) mass is 387 g/mol. The summed E-state index contributed by atoms with van der Waals surface area (Å²) in [4.78, 5) is 6.81. The number of aliphatic hydroxyl groups is 3. The number of hydrogen-bond acceptors (Lipinski definition) is 7. The van der Waals surface area contributed by atoms with Gasteiger partial charge in [-0.2, -0.15) is 0 Å². The molecule has 0 unspecified atom stereocenters. The minimum Gasteiger partial charge on any atom is -0.451 e. The Labute approximate surface area is 162 Å². The Kier molecular flexibility index (Phi) is 3.14. The summed E-state index contributed by atoms with van der Waals surface area (Å²) in [5, 5.41) is 43.8. The van der Waals surface area contributed by atoms with Gasteiger partial charge in [-0.25, -0.2) is 5.26 Å². The minimum atomic E-state index is -2.51. The fourth-order valence-corrected chi connectivity index (χ4v) is 6.36. The highest BCUT2D eigenvalue weighted by Gasteiger charge is 2.78. The first-order valence-electron chi connectivity index (χ1n) is 10.1. The van der Waals surface area contributed by atoms with E-state index in [2.05, 4.69) is 16.8 Å². The smallest absolute Gasteiger partial charge is 0.277 e. The first-order valence-corrected chi connectivity index (χ1v) is 10.1. The zero-order chi connectivity index (χ0) is 19.5. The lowest BCUT2D eigenvalue weighted by Crippen LogP contribution is -2.76. The van der Waals surface area contributed by atoms with E-state index in [4.69, 9.17) is 4.74 Å². The zero-order valence-corrected chi connectivity index (χ0v) is 15.8. The van der Waals surface area contributed by atoms with E-state index in [0.29, 0.717) is 30.9 Å². The molecule has 0 radical (unpaired) electrons. The predicted molar refractivity (Wildman–Crippen MR) is 97.8 cm³/mol. The highest BCUT2D eigenvalue weighted by Crippen LogP contribution is 2.68. The molecule has 1 saturated carbocycles. The number of ether oxygens (including phenoxy) is 1. The molecule has 6 rings (SSSR count). The molecular weight excluding hydrogens is 362 g/mol. The lowest BCUT2D eigenvalue weighted by Gasteiger charge is -2.61. The van der Waals surface area contributed by atoms with Crippen LogP contribution in [0.5, 0.6) is 11.5 Å². The van der Waals surface area contributed by atoms with Crippen LogP contribution in [0.4, 0.5) is 0 Å². The number of likely N-dealkylation sites (N-methyl/N-ethyl adjacent to an activating group) is 1. The lowest BCUT2D eigenvalue weighted by molar-refractivity contribution is -0.361. The third kappa shape index (κ3) is 1.74. The van der Waals surface area contributed by atoms with Gasteiger partial charge in [-0.3, -0.25) is 0 Å². The van der Waals surface area contributed by atoms with E-state index < -0.39 is 17.0 Å². The molecule has 5 aliphatic rings. The Morgan fingerprint density at radius 1 is 1.25 bits per heavy atom. The molecule has 7 heteroatoms. The average molecular weight is 387 g/mol. The topological polar surface area (TPSA) is 103 Å². The molecule has 1 spiro atoms. The van der Waals surface area contributed by atoms with E-state index in [1.165, 1.54) is 0 Å². The third-order valence-electron chi connectivity index (χ3n) is 7.95. The summed E-state index contributed by atoms with van der Waals surface area (Å²) in [6.07, 6.45) is 5.98. The van der Waals surface area contributed by atoms with Crippen molar-refractivity contribution in [3.63, 3.8) is 0 Å². The van der Waals surface area contributed by atoms with Gasteiger partial charge in [-0.15, -0.1) is 0 Å². The van der Waals surface area contributed by atoms with Crippen LogP contribution in [0.3, 0.4) is 0 Å². The molecule has 2 aliphatic heterocycles. The van der Waals surface area contributed by atoms with E-state index in [1.807, 2.05) is 12.1 Å². The molecule has 150 valence electrons. The number of rotatable bonds is 3. The molecule has 2 fully saturated rings. The Balaban J connectivity index is 1.64. The van der Waals surface area contributed by atoms with Gasteiger partial charge in [0.15, 0.2) is 5.75 Å². The molecular formula is C21H25NO6. The van der Waals surface area contributed by atoms with Gasteiger partial charge in [-0.1, -0.05) is 12.1 Å². The molecule has 28 heavy (non-hydrogen) atoms. The maximum atomic E-state index is 11.9. The second-order valence-electron chi connectivity index (χ2n) is 9.28. The number of hydrogen-bond donors (Lipinski definition) is 4. The van der Waals surface area contributed by atoms with Crippen molar-refractivity contribution in [2.24, 2.45) is 11.8 Å². The van der Waals surface area contributed by atoms with Crippen LogP contribution in [-0.4, -0.2) is 56.7 Å². The van der Waals surface area contributed by atoms with Gasteiger partial charge >= 0.3 is 0 Å². The van der Waals surface area contributed by atoms with Crippen molar-refractivity contribution >= 4 is 0 Å². The van der Waals surface area contributed by atoms with E-state index in [1.54, 1.807) is 6.07 Å². The van der Waals surface area contributed by atoms with Crippen LogP contribution in [0.25, 0.3) is 0 Å². The molecule has 2 bridgehead atoms. The molecule has 1 aromatic carbocycles. The van der Waals surface area contributed by atoms with Gasteiger partial charge < -0.3 is 29.8 Å². The third-order valence-corrected chi connectivity index (χ3v) is 7.95. The molecule has 4 N–H and O–H groups in total. The summed E-state index contributed by atoms with van der Waals surface area (Å²) < 4.78 is 5.98. The number of nitrogens with zero attached hydrogens (tertiary/aromatic N) is 1. The Morgan fingerprint density at radius 3 is 2.75 bits per heavy atom. The quantitative estimate of drug-likeness (QED) is 0.267. The Hall–Kier alpha value is -1.64. The molecule has 1 saturated heterocycles. The summed E-state index contributed by atoms with van der Waals surface area (Å²) in [6.45, 7) is 0.706. The number of benzene rings is 1. The molecule has 7 nitrogen and oxygen atoms in total. The number of piperidine rings is 1. The van der Waals surface area contributed by atoms with Crippen LogP contribution in [0.2, 0.25) is 0 Å². The van der Waals surface area contributed by atoms with Crippen molar-refractivity contribution in [3.8, 4) is 11.5 Å². The van der Waals surface area contributed by atoms with Gasteiger partial charge in [0.25, 0.3) is 11.6 Å². The van der Waals surface area contributed by atoms with Crippen LogP contribution < -0.4 is 9.62 Å². The molecule has 0 aromatic heterocycles. The average Bonchev–Trinajstić information content (AvgIpc) is 3.42. The minimum absolute atomic E-state index is 0.0895. The van der Waals surface area contributed by atoms with Gasteiger partial charge in [0.2, 0.25) is 5.75 Å². The molecule has 3 aliphatic carbocycles. The van der Waals surface area contributed by atoms with E-state index in [9.17, 15) is 20.6 Å².